The van der Waals surface area contributed by atoms with Crippen molar-refractivity contribution in [2.45, 2.75) is 64.2 Å². The van der Waals surface area contributed by atoms with E-state index in [4.69, 9.17) is 11.6 Å². The molecule has 2 N–H and O–H groups in total. The number of aromatic nitrogens is 3. The number of carbonyl (C=O) groups excluding carboxylic acids is 1. The summed E-state index contributed by atoms with van der Waals surface area (Å²) in [6.45, 7) is 2.69. The minimum Gasteiger partial charge on any atom is -0.481 e. The van der Waals surface area contributed by atoms with Gasteiger partial charge >= 0.3 is 5.97 Å². The summed E-state index contributed by atoms with van der Waals surface area (Å²) in [5, 5.41) is 13.2. The topological polar surface area (TPSA) is 105 Å². The average molecular weight is 431 g/mol. The number of aryl methyl sites for hydroxylation is 3. The molecule has 8 heteroatoms. The Bertz CT molecular complexity index is 902. The molecule has 0 aromatic carbocycles. The monoisotopic (exact) mass is 430 g/mol. The fourth-order valence-electron chi connectivity index (χ4n) is 3.69. The Labute approximate surface area is 181 Å². The van der Waals surface area contributed by atoms with Crippen molar-refractivity contribution < 1.29 is 14.7 Å². The standard InChI is InChI=1S/C22H27ClN4O3/c1-14-25-12-17(13-26-14)16(11-21(29)30)9-18(28)6-2-3-7-20-19(23)10-15-5-4-8-24-22(15)27-20/h10,12-13,16H,2-9,11H2,1H3,(H,24,27)(H,29,30)/t16-/m0/s1. The summed E-state index contributed by atoms with van der Waals surface area (Å²) in [5.74, 6) is 0.249. The second-order valence-corrected chi connectivity index (χ2v) is 8.17. The molecule has 2 aromatic heterocycles. The third kappa shape index (κ3) is 6.23. The zero-order valence-corrected chi connectivity index (χ0v) is 17.9. The first kappa shape index (κ1) is 22.2. The van der Waals surface area contributed by atoms with Crippen LogP contribution in [0.1, 0.15) is 67.1 Å². The SMILES string of the molecule is Cc1ncc([C@H](CC(=O)O)CC(=O)CCCCc2nc3c(cc2Cl)CCCN3)cn1. The number of carboxylic acids is 1. The Morgan fingerprint density at radius 2 is 2.00 bits per heavy atom. The van der Waals surface area contributed by atoms with Gasteiger partial charge in [-0.05, 0) is 56.2 Å². The van der Waals surface area contributed by atoms with E-state index in [1.165, 1.54) is 0 Å². The van der Waals surface area contributed by atoms with Gasteiger partial charge in [-0.25, -0.2) is 15.0 Å². The molecule has 1 aliphatic heterocycles. The van der Waals surface area contributed by atoms with Crippen LogP contribution in [0.4, 0.5) is 5.82 Å². The maximum atomic E-state index is 12.5. The quantitative estimate of drug-likeness (QED) is 0.546. The third-order valence-corrected chi connectivity index (χ3v) is 5.66. The van der Waals surface area contributed by atoms with E-state index in [9.17, 15) is 14.7 Å². The van der Waals surface area contributed by atoms with Crippen LogP contribution in [0.5, 0.6) is 0 Å². The molecule has 0 fully saturated rings. The molecule has 2 aromatic rings. The molecule has 160 valence electrons. The van der Waals surface area contributed by atoms with Gasteiger partial charge in [0.25, 0.3) is 0 Å². The van der Waals surface area contributed by atoms with E-state index < -0.39 is 11.9 Å². The van der Waals surface area contributed by atoms with Gasteiger partial charge in [-0.2, -0.15) is 0 Å². The number of rotatable bonds is 10. The predicted octanol–water partition coefficient (Wildman–Crippen LogP) is 4.12. The number of pyridine rings is 1. The molecule has 7 nitrogen and oxygen atoms in total. The van der Waals surface area contributed by atoms with Crippen molar-refractivity contribution in [3.8, 4) is 0 Å². The lowest BCUT2D eigenvalue weighted by atomic mass is 9.91. The summed E-state index contributed by atoms with van der Waals surface area (Å²) in [6, 6.07) is 2.00. The van der Waals surface area contributed by atoms with Crippen LogP contribution in [-0.2, 0) is 22.4 Å². The van der Waals surface area contributed by atoms with E-state index in [0.29, 0.717) is 35.7 Å². The van der Waals surface area contributed by atoms with Crippen molar-refractivity contribution in [2.24, 2.45) is 0 Å². The molecule has 0 aliphatic carbocycles. The molecule has 3 heterocycles. The van der Waals surface area contributed by atoms with E-state index in [2.05, 4.69) is 20.3 Å². The summed E-state index contributed by atoms with van der Waals surface area (Å²) in [5.41, 5.74) is 2.71. The number of ketones is 1. The van der Waals surface area contributed by atoms with Gasteiger partial charge in [-0.1, -0.05) is 11.6 Å². The highest BCUT2D eigenvalue weighted by molar-refractivity contribution is 6.31. The van der Waals surface area contributed by atoms with Crippen LogP contribution < -0.4 is 5.32 Å². The van der Waals surface area contributed by atoms with Crippen LogP contribution in [0.25, 0.3) is 0 Å². The number of fused-ring (bicyclic) bond motifs is 1. The van der Waals surface area contributed by atoms with E-state index in [-0.39, 0.29) is 18.6 Å². The number of hydrogen-bond acceptors (Lipinski definition) is 6. The number of carbonyl (C=O) groups is 2. The first-order valence-electron chi connectivity index (χ1n) is 10.4. The predicted molar refractivity (Wildman–Crippen MR) is 115 cm³/mol. The summed E-state index contributed by atoms with van der Waals surface area (Å²) >= 11 is 6.37. The molecule has 30 heavy (non-hydrogen) atoms. The van der Waals surface area contributed by atoms with Gasteiger partial charge in [-0.3, -0.25) is 9.59 Å². The van der Waals surface area contributed by atoms with Gasteiger partial charge in [0.15, 0.2) is 0 Å². The van der Waals surface area contributed by atoms with E-state index >= 15 is 0 Å². The average Bonchev–Trinajstić information content (AvgIpc) is 2.71. The summed E-state index contributed by atoms with van der Waals surface area (Å²) in [7, 11) is 0. The van der Waals surface area contributed by atoms with E-state index in [1.54, 1.807) is 19.3 Å². The first-order chi connectivity index (χ1) is 14.4. The van der Waals surface area contributed by atoms with Crippen molar-refractivity contribution in [1.29, 1.82) is 0 Å². The fraction of sp³-hybridized carbons (Fsp3) is 0.500. The zero-order chi connectivity index (χ0) is 21.5. The van der Waals surface area contributed by atoms with Crippen LogP contribution in [-0.4, -0.2) is 38.4 Å². The molecule has 3 rings (SSSR count). The minimum absolute atomic E-state index is 0.0491. The Morgan fingerprint density at radius 3 is 2.73 bits per heavy atom. The number of Topliss-reactive ketones (excluding diaryl/α,β-unsaturated/α-hetero) is 1. The number of hydrogen-bond donors (Lipinski definition) is 2. The molecular formula is C22H27ClN4O3. The lowest BCUT2D eigenvalue weighted by molar-refractivity contribution is -0.137. The van der Waals surface area contributed by atoms with Gasteiger partial charge < -0.3 is 10.4 Å². The lowest BCUT2D eigenvalue weighted by Crippen LogP contribution is -2.14. The van der Waals surface area contributed by atoms with Crippen molar-refractivity contribution in [2.75, 3.05) is 11.9 Å². The molecule has 0 radical (unpaired) electrons. The molecule has 0 saturated heterocycles. The van der Waals surface area contributed by atoms with Crippen molar-refractivity contribution >= 4 is 29.2 Å². The number of carboxylic acid groups (broad SMARTS) is 1. The molecule has 0 spiro atoms. The van der Waals surface area contributed by atoms with Crippen molar-refractivity contribution in [3.05, 3.63) is 46.1 Å². The molecule has 1 aliphatic rings. The number of unbranched alkanes of at least 4 members (excludes halogenated alkanes) is 1. The molecule has 0 saturated carbocycles. The smallest absolute Gasteiger partial charge is 0.303 e. The number of halogens is 1. The van der Waals surface area contributed by atoms with Gasteiger partial charge in [0.05, 0.1) is 17.1 Å². The third-order valence-electron chi connectivity index (χ3n) is 5.33. The first-order valence-corrected chi connectivity index (χ1v) is 10.7. The van der Waals surface area contributed by atoms with E-state index in [1.807, 2.05) is 6.07 Å². The summed E-state index contributed by atoms with van der Waals surface area (Å²) < 4.78 is 0. The van der Waals surface area contributed by atoms with Crippen LogP contribution in [0.15, 0.2) is 18.5 Å². The lowest BCUT2D eigenvalue weighted by Gasteiger charge is -2.18. The van der Waals surface area contributed by atoms with Gasteiger partial charge in [0, 0.05) is 37.7 Å². The minimum atomic E-state index is -0.935. The normalized spacial score (nSPS) is 13.9. The second-order valence-electron chi connectivity index (χ2n) is 7.76. The number of nitrogens with zero attached hydrogens (tertiary/aromatic N) is 3. The molecule has 0 bridgehead atoms. The highest BCUT2D eigenvalue weighted by Gasteiger charge is 2.20. The number of nitrogens with one attached hydrogen (secondary N) is 1. The van der Waals surface area contributed by atoms with Gasteiger partial charge in [0.2, 0.25) is 0 Å². The molecule has 0 unspecified atom stereocenters. The zero-order valence-electron chi connectivity index (χ0n) is 17.2. The largest absolute Gasteiger partial charge is 0.481 e. The van der Waals surface area contributed by atoms with Gasteiger partial charge in [0.1, 0.15) is 17.4 Å². The fourth-order valence-corrected chi connectivity index (χ4v) is 3.96. The maximum absolute atomic E-state index is 12.5. The van der Waals surface area contributed by atoms with Crippen LogP contribution in [0.3, 0.4) is 0 Å². The van der Waals surface area contributed by atoms with Gasteiger partial charge in [-0.15, -0.1) is 0 Å². The Kier molecular flexibility index (Phi) is 7.74. The van der Waals surface area contributed by atoms with Crippen LogP contribution in [0, 0.1) is 6.92 Å². The highest BCUT2D eigenvalue weighted by Crippen LogP contribution is 2.27. The number of aliphatic carboxylic acids is 1. The number of anilines is 1. The molecule has 1 atom stereocenters. The summed E-state index contributed by atoms with van der Waals surface area (Å²) in [4.78, 5) is 36.6. The van der Waals surface area contributed by atoms with Crippen LogP contribution >= 0.6 is 11.6 Å². The summed E-state index contributed by atoms with van der Waals surface area (Å²) in [6.07, 6.45) is 8.01. The second kappa shape index (κ2) is 10.5. The van der Waals surface area contributed by atoms with Crippen molar-refractivity contribution in [3.63, 3.8) is 0 Å². The Hall–Kier alpha value is -2.54. The Balaban J connectivity index is 1.50. The van der Waals surface area contributed by atoms with E-state index in [0.717, 1.165) is 42.9 Å². The molecule has 0 amide bonds. The maximum Gasteiger partial charge on any atom is 0.303 e. The Morgan fingerprint density at radius 1 is 1.23 bits per heavy atom. The van der Waals surface area contributed by atoms with Crippen molar-refractivity contribution in [1.82, 2.24) is 15.0 Å². The highest BCUT2D eigenvalue weighted by atomic mass is 35.5. The van der Waals surface area contributed by atoms with Crippen LogP contribution in [0.2, 0.25) is 5.02 Å². The molecular weight excluding hydrogens is 404 g/mol.